The molecule has 4 aromatic carbocycles. The molecule has 0 amide bonds. The molecule has 2 aliphatic rings. The molecule has 4 aromatic heterocycles. The van der Waals surface area contributed by atoms with Crippen LogP contribution in [0.4, 0.5) is 0 Å². The molecule has 0 radical (unpaired) electrons. The van der Waals surface area contributed by atoms with Gasteiger partial charge in [0, 0.05) is 49.6 Å². The number of hydrogen-bond donors (Lipinski definition) is 0. The summed E-state index contributed by atoms with van der Waals surface area (Å²) in [6.07, 6.45) is 32.2. The van der Waals surface area contributed by atoms with Crippen LogP contribution in [0.15, 0.2) is 171 Å². The molecule has 57 heavy (non-hydrogen) atoms. The van der Waals surface area contributed by atoms with Crippen LogP contribution in [0.2, 0.25) is 0 Å². The van der Waals surface area contributed by atoms with Gasteiger partial charge in [-0.1, -0.05) is 97.1 Å². The van der Waals surface area contributed by atoms with Gasteiger partial charge in [0.05, 0.1) is 5.41 Å². The Morgan fingerprint density at radius 1 is 0.246 bits per heavy atom. The van der Waals surface area contributed by atoms with Crippen molar-refractivity contribution in [1.82, 2.24) is 19.9 Å². The predicted molar refractivity (Wildman–Crippen MR) is 235 cm³/mol. The fourth-order valence-electron chi connectivity index (χ4n) is 8.38. The summed E-state index contributed by atoms with van der Waals surface area (Å²) >= 11 is 0. The van der Waals surface area contributed by atoms with Crippen molar-refractivity contribution in [3.63, 3.8) is 0 Å². The first-order chi connectivity index (χ1) is 28.2. The molecule has 0 N–H and O–H groups in total. The van der Waals surface area contributed by atoms with Crippen molar-refractivity contribution in [2.24, 2.45) is 0 Å². The zero-order valence-corrected chi connectivity index (χ0v) is 31.1. The lowest BCUT2D eigenvalue weighted by Gasteiger charge is -2.31. The van der Waals surface area contributed by atoms with E-state index < -0.39 is 5.41 Å². The Morgan fingerprint density at radius 2 is 0.456 bits per heavy atom. The molecule has 0 atom stereocenters. The first-order valence-electron chi connectivity index (χ1n) is 19.1. The molecule has 0 saturated carbocycles. The molecule has 8 aromatic rings. The van der Waals surface area contributed by atoms with Crippen LogP contribution < -0.4 is 0 Å². The zero-order chi connectivity index (χ0) is 38.0. The average Bonchev–Trinajstić information content (AvgIpc) is 3.73. The largest absolute Gasteiger partial charge is 0.265 e. The maximum Gasteiger partial charge on any atom is 0.0726 e. The van der Waals surface area contributed by atoms with E-state index in [1.165, 1.54) is 44.5 Å². The van der Waals surface area contributed by atoms with Gasteiger partial charge < -0.3 is 0 Å². The van der Waals surface area contributed by atoms with Crippen LogP contribution >= 0.6 is 0 Å². The maximum atomic E-state index is 4.22. The summed E-state index contributed by atoms with van der Waals surface area (Å²) in [7, 11) is 0. The minimum absolute atomic E-state index is 0.572. The van der Waals surface area contributed by atoms with Gasteiger partial charge in [-0.05, 0) is 162 Å². The summed E-state index contributed by atoms with van der Waals surface area (Å²) in [5, 5.41) is 0. The van der Waals surface area contributed by atoms with Gasteiger partial charge in [-0.25, -0.2) is 0 Å². The van der Waals surface area contributed by atoms with Crippen molar-refractivity contribution in [3.8, 4) is 22.3 Å². The average molecular weight is 729 g/mol. The van der Waals surface area contributed by atoms with Crippen LogP contribution in [0.5, 0.6) is 0 Å². The van der Waals surface area contributed by atoms with Crippen molar-refractivity contribution in [2.45, 2.75) is 5.41 Å². The van der Waals surface area contributed by atoms with Crippen molar-refractivity contribution in [1.29, 1.82) is 0 Å². The van der Waals surface area contributed by atoms with Gasteiger partial charge in [-0.2, -0.15) is 0 Å². The monoisotopic (exact) mass is 728 g/mol. The minimum atomic E-state index is -0.572. The van der Waals surface area contributed by atoms with E-state index in [4.69, 9.17) is 0 Å². The number of rotatable bonds is 8. The summed E-state index contributed by atoms with van der Waals surface area (Å²) < 4.78 is 0. The molecular weight excluding hydrogens is 693 g/mol. The number of pyridine rings is 4. The third kappa shape index (κ3) is 6.33. The van der Waals surface area contributed by atoms with E-state index >= 15 is 0 Å². The predicted octanol–water partition coefficient (Wildman–Crippen LogP) is 12.3. The van der Waals surface area contributed by atoms with Crippen LogP contribution in [-0.4, -0.2) is 19.9 Å². The molecule has 1 spiro atoms. The van der Waals surface area contributed by atoms with E-state index in [1.54, 1.807) is 0 Å². The normalized spacial score (nSPS) is 13.5. The van der Waals surface area contributed by atoms with Gasteiger partial charge in [0.15, 0.2) is 0 Å². The molecule has 0 aliphatic heterocycles. The highest BCUT2D eigenvalue weighted by molar-refractivity contribution is 5.97. The molecule has 4 nitrogen and oxygen atoms in total. The number of benzene rings is 4. The Morgan fingerprint density at radius 3 is 0.684 bits per heavy atom. The third-order valence-corrected chi connectivity index (χ3v) is 11.1. The van der Waals surface area contributed by atoms with E-state index in [0.29, 0.717) is 0 Å². The number of nitrogens with zero attached hydrogens (tertiary/aromatic N) is 4. The quantitative estimate of drug-likeness (QED) is 0.156. The Balaban J connectivity index is 1.21. The van der Waals surface area contributed by atoms with Crippen molar-refractivity contribution in [3.05, 3.63) is 238 Å². The van der Waals surface area contributed by atoms with E-state index in [1.807, 2.05) is 98.1 Å². The maximum absolute atomic E-state index is 4.22. The second-order valence-electron chi connectivity index (χ2n) is 14.4. The molecule has 0 unspecified atom stereocenters. The molecular formula is C53H36N4. The van der Waals surface area contributed by atoms with Crippen LogP contribution in [0.25, 0.3) is 70.9 Å². The molecule has 4 heterocycles. The van der Waals surface area contributed by atoms with Gasteiger partial charge in [-0.15, -0.1) is 0 Å². The zero-order valence-electron chi connectivity index (χ0n) is 31.1. The molecule has 268 valence electrons. The lowest BCUT2D eigenvalue weighted by Crippen LogP contribution is -2.26. The van der Waals surface area contributed by atoms with Crippen molar-refractivity contribution >= 4 is 48.6 Å². The molecule has 2 aliphatic carbocycles. The third-order valence-electron chi connectivity index (χ3n) is 11.1. The Kier molecular flexibility index (Phi) is 8.69. The smallest absolute Gasteiger partial charge is 0.0726 e. The summed E-state index contributed by atoms with van der Waals surface area (Å²) in [6.45, 7) is 0. The Bertz CT molecular complexity index is 2470. The summed E-state index contributed by atoms with van der Waals surface area (Å²) in [5.41, 5.74) is 18.6. The molecule has 0 saturated heterocycles. The van der Waals surface area contributed by atoms with E-state index in [-0.39, 0.29) is 0 Å². The van der Waals surface area contributed by atoms with Crippen molar-refractivity contribution < 1.29 is 0 Å². The number of fused-ring (bicyclic) bond motifs is 10. The van der Waals surface area contributed by atoms with Crippen LogP contribution in [0, 0.1) is 0 Å². The van der Waals surface area contributed by atoms with Crippen LogP contribution in [-0.2, 0) is 5.41 Å². The summed E-state index contributed by atoms with van der Waals surface area (Å²) in [4.78, 5) is 16.9. The van der Waals surface area contributed by atoms with Crippen LogP contribution in [0.1, 0.15) is 66.8 Å². The molecule has 0 bridgehead atoms. The molecule has 0 fully saturated rings. The standard InChI is InChI=1S/C53H36N4/c1(37-17-25-54-26-18-37)5-41-9-13-45-46-14-10-42(6-2-38-19-27-55-28-20-38)34-50(46)53(49(45)33-41)51-35-43(7-3-39-21-29-56-30-22-39)11-15-47(51)48-16-12-44(36-52(48)53)8-4-40-23-31-57-32-24-40/h1-36H/b5-1-,6-2+,7-3-,8-4+. The van der Waals surface area contributed by atoms with Gasteiger partial charge in [0.1, 0.15) is 0 Å². The first kappa shape index (κ1) is 34.0. The first-order valence-corrected chi connectivity index (χ1v) is 19.1. The fraction of sp³-hybridized carbons (Fsp3) is 0.0189. The lowest BCUT2D eigenvalue weighted by atomic mass is 9.69. The molecule has 4 heteroatoms. The number of hydrogen-bond acceptors (Lipinski definition) is 4. The van der Waals surface area contributed by atoms with E-state index in [0.717, 1.165) is 44.5 Å². The van der Waals surface area contributed by atoms with Crippen LogP contribution in [0.3, 0.4) is 0 Å². The van der Waals surface area contributed by atoms with E-state index in [9.17, 15) is 0 Å². The van der Waals surface area contributed by atoms with Gasteiger partial charge >= 0.3 is 0 Å². The summed E-state index contributed by atoms with van der Waals surface area (Å²) in [5.74, 6) is 0. The van der Waals surface area contributed by atoms with Gasteiger partial charge in [-0.3, -0.25) is 19.9 Å². The van der Waals surface area contributed by atoms with Crippen molar-refractivity contribution in [2.75, 3.05) is 0 Å². The van der Waals surface area contributed by atoms with E-state index in [2.05, 4.69) is 141 Å². The van der Waals surface area contributed by atoms with Gasteiger partial charge in [0.25, 0.3) is 0 Å². The number of aromatic nitrogens is 4. The topological polar surface area (TPSA) is 51.6 Å². The second-order valence-corrected chi connectivity index (χ2v) is 14.4. The highest BCUT2D eigenvalue weighted by Gasteiger charge is 2.52. The SMILES string of the molecule is C(=C/c1ccc2c(c1)C1(c3cc(/C=C\c4ccncc4)ccc3-c3ccc(/C=C/c4ccncc4)cc31)c1cc(/C=C/c3ccncc3)ccc1-2)/c1ccncc1. The highest BCUT2D eigenvalue weighted by Crippen LogP contribution is 2.63. The summed E-state index contributed by atoms with van der Waals surface area (Å²) in [6, 6.07) is 44.2. The lowest BCUT2D eigenvalue weighted by molar-refractivity contribution is 0.792. The minimum Gasteiger partial charge on any atom is -0.265 e. The highest BCUT2D eigenvalue weighted by atomic mass is 14.6. The Hall–Kier alpha value is -7.56. The molecule has 10 rings (SSSR count). The fourth-order valence-corrected chi connectivity index (χ4v) is 8.38. The Labute approximate surface area is 332 Å². The van der Waals surface area contributed by atoms with Gasteiger partial charge in [0.2, 0.25) is 0 Å². The second kappa shape index (κ2) is 14.6.